The number of para-hydroxylation sites is 4. The van der Waals surface area contributed by atoms with E-state index in [-0.39, 0.29) is 17.4 Å². The maximum Gasteiger partial charge on any atom is 0.282 e. The molecule has 1 heterocycles. The summed E-state index contributed by atoms with van der Waals surface area (Å²) in [4.78, 5) is 30.7. The molecular formula is C27H26N2O4. The van der Waals surface area contributed by atoms with Crippen LogP contribution in [0.4, 0.5) is 11.4 Å². The van der Waals surface area contributed by atoms with Crippen molar-refractivity contribution in [2.45, 2.75) is 20.0 Å². The summed E-state index contributed by atoms with van der Waals surface area (Å²) < 4.78 is 11.5. The van der Waals surface area contributed by atoms with Crippen LogP contribution in [-0.2, 0) is 9.59 Å². The van der Waals surface area contributed by atoms with Gasteiger partial charge in [0.2, 0.25) is 0 Å². The van der Waals surface area contributed by atoms with Crippen molar-refractivity contribution in [1.29, 1.82) is 0 Å². The molecule has 0 spiro atoms. The molecule has 0 N–H and O–H groups in total. The van der Waals surface area contributed by atoms with E-state index in [0.717, 1.165) is 5.69 Å². The van der Waals surface area contributed by atoms with Crippen LogP contribution in [0, 0.1) is 0 Å². The Balaban J connectivity index is 1.91. The number of rotatable bonds is 7. The number of imide groups is 1. The Hall–Kier alpha value is -4.06. The maximum atomic E-state index is 13.9. The molecule has 0 radical (unpaired) electrons. The number of hydrogen-bond donors (Lipinski definition) is 0. The van der Waals surface area contributed by atoms with Gasteiger partial charge >= 0.3 is 0 Å². The Morgan fingerprint density at radius 3 is 2.06 bits per heavy atom. The van der Waals surface area contributed by atoms with E-state index in [0.29, 0.717) is 22.7 Å². The Morgan fingerprint density at radius 2 is 1.39 bits per heavy atom. The third-order valence-electron chi connectivity index (χ3n) is 5.38. The summed E-state index contributed by atoms with van der Waals surface area (Å²) >= 11 is 0. The van der Waals surface area contributed by atoms with Gasteiger partial charge in [0.1, 0.15) is 17.2 Å². The van der Waals surface area contributed by atoms with E-state index in [2.05, 4.69) is 0 Å². The largest absolute Gasteiger partial charge is 0.496 e. The monoisotopic (exact) mass is 442 g/mol. The lowest BCUT2D eigenvalue weighted by Gasteiger charge is -2.23. The standard InChI is InChI=1S/C27H26N2O4/c1-18(2)33-23-17-11-9-15-21(23)29-26(30)24(20-14-8-10-16-22(20)32-4)25(27(29)31)28(3)19-12-6-5-7-13-19/h5-18H,1-4H3. The number of methoxy groups -OCH3 is 1. The first kappa shape index (κ1) is 22.1. The van der Waals surface area contributed by atoms with Gasteiger partial charge in [0.05, 0.1) is 24.5 Å². The highest BCUT2D eigenvalue weighted by Gasteiger charge is 2.44. The Labute approximate surface area is 193 Å². The Bertz CT molecular complexity index is 1220. The molecule has 2 amide bonds. The molecule has 0 fully saturated rings. The molecule has 0 atom stereocenters. The van der Waals surface area contributed by atoms with Gasteiger partial charge < -0.3 is 14.4 Å². The molecule has 0 unspecified atom stereocenters. The SMILES string of the molecule is COc1ccccc1C1=C(N(C)c2ccccc2)C(=O)N(c2ccccc2OC(C)C)C1=O. The average Bonchev–Trinajstić information content (AvgIpc) is 3.08. The third kappa shape index (κ3) is 4.07. The van der Waals surface area contributed by atoms with Crippen LogP contribution < -0.4 is 19.3 Å². The second kappa shape index (κ2) is 9.20. The third-order valence-corrected chi connectivity index (χ3v) is 5.38. The van der Waals surface area contributed by atoms with E-state index in [1.165, 1.54) is 4.90 Å². The van der Waals surface area contributed by atoms with Gasteiger partial charge in [-0.25, -0.2) is 4.90 Å². The van der Waals surface area contributed by atoms with Crippen LogP contribution in [0.15, 0.2) is 84.6 Å². The van der Waals surface area contributed by atoms with Gasteiger partial charge in [-0.1, -0.05) is 48.5 Å². The smallest absolute Gasteiger partial charge is 0.282 e. The molecule has 1 aliphatic heterocycles. The normalized spacial score (nSPS) is 13.7. The molecule has 0 aromatic heterocycles. The molecule has 4 rings (SSSR count). The molecular weight excluding hydrogens is 416 g/mol. The number of hydrogen-bond acceptors (Lipinski definition) is 5. The second-order valence-electron chi connectivity index (χ2n) is 7.90. The van der Waals surface area contributed by atoms with E-state index in [1.54, 1.807) is 49.4 Å². The summed E-state index contributed by atoms with van der Waals surface area (Å²) in [5, 5.41) is 0. The molecule has 0 bridgehead atoms. The van der Waals surface area contributed by atoms with Gasteiger partial charge in [0.15, 0.2) is 0 Å². The zero-order valence-corrected chi connectivity index (χ0v) is 19.1. The van der Waals surface area contributed by atoms with Crippen molar-refractivity contribution in [2.75, 3.05) is 24.0 Å². The highest BCUT2D eigenvalue weighted by molar-refractivity contribution is 6.46. The maximum absolute atomic E-state index is 13.9. The van der Waals surface area contributed by atoms with Gasteiger partial charge in [0, 0.05) is 18.3 Å². The lowest BCUT2D eigenvalue weighted by molar-refractivity contribution is -0.120. The van der Waals surface area contributed by atoms with E-state index < -0.39 is 11.8 Å². The Kier molecular flexibility index (Phi) is 6.18. The number of anilines is 2. The van der Waals surface area contributed by atoms with Crippen molar-refractivity contribution in [1.82, 2.24) is 0 Å². The molecule has 1 aliphatic rings. The molecule has 0 saturated heterocycles. The van der Waals surface area contributed by atoms with Crippen LogP contribution in [0.3, 0.4) is 0 Å². The number of likely N-dealkylation sites (N-methyl/N-ethyl adjacent to an activating group) is 1. The predicted molar refractivity (Wildman–Crippen MR) is 129 cm³/mol. The predicted octanol–water partition coefficient (Wildman–Crippen LogP) is 4.90. The highest BCUT2D eigenvalue weighted by atomic mass is 16.5. The summed E-state index contributed by atoms with van der Waals surface area (Å²) in [6.45, 7) is 3.80. The topological polar surface area (TPSA) is 59.1 Å². The molecule has 6 nitrogen and oxygen atoms in total. The summed E-state index contributed by atoms with van der Waals surface area (Å²) in [5.41, 5.74) is 2.30. The molecule has 3 aromatic carbocycles. The van der Waals surface area contributed by atoms with Crippen LogP contribution in [0.2, 0.25) is 0 Å². The summed E-state index contributed by atoms with van der Waals surface area (Å²) in [6.07, 6.45) is -0.118. The van der Waals surface area contributed by atoms with Crippen LogP contribution in [0.5, 0.6) is 11.5 Å². The zero-order chi connectivity index (χ0) is 23.5. The first-order valence-electron chi connectivity index (χ1n) is 10.7. The minimum absolute atomic E-state index is 0.118. The Morgan fingerprint density at radius 1 is 0.788 bits per heavy atom. The first-order chi connectivity index (χ1) is 15.9. The number of benzene rings is 3. The van der Waals surface area contributed by atoms with Crippen molar-refractivity contribution >= 4 is 28.8 Å². The van der Waals surface area contributed by atoms with Gasteiger partial charge in [-0.2, -0.15) is 0 Å². The fraction of sp³-hybridized carbons (Fsp3) is 0.185. The summed E-state index contributed by atoms with van der Waals surface area (Å²) in [5.74, 6) is 0.132. The van der Waals surface area contributed by atoms with Crippen molar-refractivity contribution in [2.24, 2.45) is 0 Å². The molecule has 168 valence electrons. The number of carbonyl (C=O) groups is 2. The lowest BCUT2D eigenvalue weighted by Crippen LogP contribution is -2.34. The fourth-order valence-corrected chi connectivity index (χ4v) is 3.92. The summed E-state index contributed by atoms with van der Waals surface area (Å²) in [6, 6.07) is 23.8. The van der Waals surface area contributed by atoms with Crippen LogP contribution in [-0.4, -0.2) is 32.1 Å². The van der Waals surface area contributed by atoms with Crippen molar-refractivity contribution < 1.29 is 19.1 Å². The van der Waals surface area contributed by atoms with Gasteiger partial charge in [-0.15, -0.1) is 0 Å². The van der Waals surface area contributed by atoms with Crippen molar-refractivity contribution in [3.63, 3.8) is 0 Å². The molecule has 6 heteroatoms. The molecule has 0 saturated carbocycles. The minimum Gasteiger partial charge on any atom is -0.496 e. The van der Waals surface area contributed by atoms with Gasteiger partial charge in [0.25, 0.3) is 11.8 Å². The van der Waals surface area contributed by atoms with Gasteiger partial charge in [-0.05, 0) is 44.2 Å². The quantitative estimate of drug-likeness (QED) is 0.487. The van der Waals surface area contributed by atoms with Crippen LogP contribution in [0.25, 0.3) is 5.57 Å². The first-order valence-corrected chi connectivity index (χ1v) is 10.7. The number of carbonyl (C=O) groups excluding carboxylic acids is 2. The number of ether oxygens (including phenoxy) is 2. The zero-order valence-electron chi connectivity index (χ0n) is 19.1. The van der Waals surface area contributed by atoms with E-state index in [9.17, 15) is 9.59 Å². The molecule has 3 aromatic rings. The van der Waals surface area contributed by atoms with E-state index in [4.69, 9.17) is 9.47 Å². The summed E-state index contributed by atoms with van der Waals surface area (Å²) in [7, 11) is 3.33. The van der Waals surface area contributed by atoms with E-state index >= 15 is 0 Å². The fourth-order valence-electron chi connectivity index (χ4n) is 3.92. The number of amides is 2. The molecule has 0 aliphatic carbocycles. The van der Waals surface area contributed by atoms with Crippen molar-refractivity contribution in [3.05, 3.63) is 90.1 Å². The average molecular weight is 443 g/mol. The van der Waals surface area contributed by atoms with Crippen LogP contribution >= 0.6 is 0 Å². The minimum atomic E-state index is -0.429. The highest BCUT2D eigenvalue weighted by Crippen LogP contribution is 2.41. The van der Waals surface area contributed by atoms with Gasteiger partial charge in [-0.3, -0.25) is 9.59 Å². The lowest BCUT2D eigenvalue weighted by atomic mass is 10.0. The number of nitrogens with zero attached hydrogens (tertiary/aromatic N) is 2. The second-order valence-corrected chi connectivity index (χ2v) is 7.90. The van der Waals surface area contributed by atoms with Crippen molar-refractivity contribution in [3.8, 4) is 11.5 Å². The molecule has 33 heavy (non-hydrogen) atoms. The van der Waals surface area contributed by atoms with E-state index in [1.807, 2.05) is 62.4 Å². The van der Waals surface area contributed by atoms with Crippen LogP contribution in [0.1, 0.15) is 19.4 Å².